The summed E-state index contributed by atoms with van der Waals surface area (Å²) in [5.74, 6) is 0.102. The lowest BCUT2D eigenvalue weighted by molar-refractivity contribution is 0.180. The second-order valence-electron chi connectivity index (χ2n) is 4.94. The quantitative estimate of drug-likeness (QED) is 0.811. The fraction of sp³-hybridized carbons (Fsp3) is 0.500. The van der Waals surface area contributed by atoms with Crippen molar-refractivity contribution in [2.24, 2.45) is 5.92 Å². The van der Waals surface area contributed by atoms with E-state index in [1.807, 2.05) is 0 Å². The van der Waals surface area contributed by atoms with E-state index in [0.717, 1.165) is 30.7 Å². The first kappa shape index (κ1) is 16.3. The molecule has 0 spiro atoms. The van der Waals surface area contributed by atoms with Crippen molar-refractivity contribution in [1.82, 2.24) is 4.72 Å². The van der Waals surface area contributed by atoms with Crippen molar-refractivity contribution in [1.29, 1.82) is 0 Å². The predicted molar refractivity (Wildman–Crippen MR) is 73.4 cm³/mol. The molecule has 1 N–H and O–H groups in total. The van der Waals surface area contributed by atoms with E-state index in [-0.39, 0.29) is 16.9 Å². The normalized spacial score (nSPS) is 21.3. The Balaban J connectivity index is 2.15. The maximum Gasteiger partial charge on any atom is 0.332 e. The zero-order chi connectivity index (χ0) is 15.7. The standard InChI is InChI=1S/C12H16FNO5S2/c1-9(10-6-7-19-8-10)14-21(17,18)12-4-2-11(3-5-12)20(13,15)16/h2-5,9-10,14H,6-8H2,1H3. The average molecular weight is 337 g/mol. The molecule has 9 heteroatoms. The van der Waals surface area contributed by atoms with Crippen LogP contribution >= 0.6 is 0 Å². The molecule has 1 fully saturated rings. The van der Waals surface area contributed by atoms with Crippen molar-refractivity contribution in [3.63, 3.8) is 0 Å². The first-order valence-electron chi connectivity index (χ1n) is 6.35. The van der Waals surface area contributed by atoms with Gasteiger partial charge in [-0.25, -0.2) is 13.1 Å². The molecule has 118 valence electrons. The van der Waals surface area contributed by atoms with Gasteiger partial charge in [0.2, 0.25) is 10.0 Å². The molecule has 1 heterocycles. The topological polar surface area (TPSA) is 89.5 Å². The molecular formula is C12H16FNO5S2. The fourth-order valence-corrected chi connectivity index (χ4v) is 3.91. The van der Waals surface area contributed by atoms with Gasteiger partial charge in [0.25, 0.3) is 0 Å². The second-order valence-corrected chi connectivity index (χ2v) is 8.00. The summed E-state index contributed by atoms with van der Waals surface area (Å²) in [7, 11) is -8.61. The third-order valence-corrected chi connectivity index (χ3v) is 5.84. The Bertz CT molecular complexity index is 694. The zero-order valence-corrected chi connectivity index (χ0v) is 13.0. The molecule has 0 amide bonds. The van der Waals surface area contributed by atoms with Crippen LogP contribution in [0.1, 0.15) is 13.3 Å². The summed E-state index contributed by atoms with van der Waals surface area (Å²) < 4.78 is 66.2. The highest BCUT2D eigenvalue weighted by Gasteiger charge is 2.27. The van der Waals surface area contributed by atoms with E-state index in [1.54, 1.807) is 6.92 Å². The molecule has 0 saturated carbocycles. The highest BCUT2D eigenvalue weighted by molar-refractivity contribution is 7.89. The van der Waals surface area contributed by atoms with Crippen LogP contribution in [0.4, 0.5) is 3.89 Å². The van der Waals surface area contributed by atoms with Gasteiger partial charge in [0.15, 0.2) is 0 Å². The van der Waals surface area contributed by atoms with E-state index < -0.39 is 25.1 Å². The van der Waals surface area contributed by atoms with Gasteiger partial charge in [-0.15, -0.1) is 3.89 Å². The van der Waals surface area contributed by atoms with Crippen molar-refractivity contribution in [2.75, 3.05) is 13.2 Å². The largest absolute Gasteiger partial charge is 0.381 e. The molecule has 0 aliphatic carbocycles. The Morgan fingerprint density at radius 2 is 1.76 bits per heavy atom. The summed E-state index contributed by atoms with van der Waals surface area (Å²) in [6, 6.07) is 3.67. The molecule has 0 aromatic heterocycles. The molecule has 1 aliphatic rings. The van der Waals surface area contributed by atoms with Gasteiger partial charge >= 0.3 is 10.2 Å². The van der Waals surface area contributed by atoms with Crippen molar-refractivity contribution >= 4 is 20.2 Å². The Kier molecular flexibility index (Phi) is 4.66. The summed E-state index contributed by atoms with van der Waals surface area (Å²) in [6.07, 6.45) is 0.780. The maximum atomic E-state index is 12.8. The van der Waals surface area contributed by atoms with Crippen molar-refractivity contribution in [3.8, 4) is 0 Å². The number of hydrogen-bond acceptors (Lipinski definition) is 5. The van der Waals surface area contributed by atoms with Crippen molar-refractivity contribution in [2.45, 2.75) is 29.2 Å². The minimum Gasteiger partial charge on any atom is -0.381 e. The fourth-order valence-electron chi connectivity index (χ4n) is 2.14. The Morgan fingerprint density at radius 1 is 1.19 bits per heavy atom. The Hall–Kier alpha value is -1.03. The van der Waals surface area contributed by atoms with Crippen LogP contribution in [0.3, 0.4) is 0 Å². The van der Waals surface area contributed by atoms with E-state index in [9.17, 15) is 20.7 Å². The summed E-state index contributed by atoms with van der Waals surface area (Å²) in [5, 5.41) is 0. The molecule has 1 aromatic rings. The van der Waals surface area contributed by atoms with Gasteiger partial charge < -0.3 is 4.74 Å². The van der Waals surface area contributed by atoms with E-state index in [1.165, 1.54) is 0 Å². The van der Waals surface area contributed by atoms with Crippen LogP contribution in [0.15, 0.2) is 34.1 Å². The number of rotatable bonds is 5. The summed E-state index contributed by atoms with van der Waals surface area (Å²) in [5.41, 5.74) is 0. The molecule has 6 nitrogen and oxygen atoms in total. The van der Waals surface area contributed by atoms with E-state index >= 15 is 0 Å². The van der Waals surface area contributed by atoms with Crippen LogP contribution < -0.4 is 4.72 Å². The van der Waals surface area contributed by atoms with Gasteiger partial charge in [-0.2, -0.15) is 8.42 Å². The molecule has 1 aromatic carbocycles. The molecule has 21 heavy (non-hydrogen) atoms. The minimum atomic E-state index is -4.83. The van der Waals surface area contributed by atoms with Crippen LogP contribution in [-0.4, -0.2) is 36.1 Å². The van der Waals surface area contributed by atoms with Crippen LogP contribution in [-0.2, 0) is 25.0 Å². The van der Waals surface area contributed by atoms with Gasteiger partial charge in [0.05, 0.1) is 16.4 Å². The zero-order valence-electron chi connectivity index (χ0n) is 11.3. The van der Waals surface area contributed by atoms with Crippen LogP contribution in [0.2, 0.25) is 0 Å². The van der Waals surface area contributed by atoms with Gasteiger partial charge in [-0.05, 0) is 37.6 Å². The minimum absolute atomic E-state index is 0.102. The van der Waals surface area contributed by atoms with Gasteiger partial charge in [0.1, 0.15) is 0 Å². The summed E-state index contributed by atoms with van der Waals surface area (Å²) in [6.45, 7) is 2.86. The van der Waals surface area contributed by atoms with E-state index in [2.05, 4.69) is 4.72 Å². The van der Waals surface area contributed by atoms with Crippen LogP contribution in [0.25, 0.3) is 0 Å². The smallest absolute Gasteiger partial charge is 0.332 e. The van der Waals surface area contributed by atoms with E-state index in [0.29, 0.717) is 13.2 Å². The molecule has 1 aliphatic heterocycles. The summed E-state index contributed by atoms with van der Waals surface area (Å²) >= 11 is 0. The lowest BCUT2D eigenvalue weighted by atomic mass is 10.0. The second kappa shape index (κ2) is 5.99. The number of halogens is 1. The molecule has 1 saturated heterocycles. The highest BCUT2D eigenvalue weighted by Crippen LogP contribution is 2.20. The highest BCUT2D eigenvalue weighted by atomic mass is 32.3. The molecule has 0 radical (unpaired) electrons. The van der Waals surface area contributed by atoms with Crippen LogP contribution in [0.5, 0.6) is 0 Å². The number of benzene rings is 1. The monoisotopic (exact) mass is 337 g/mol. The van der Waals surface area contributed by atoms with Crippen molar-refractivity contribution in [3.05, 3.63) is 24.3 Å². The number of hydrogen-bond donors (Lipinski definition) is 1. The number of sulfonamides is 1. The van der Waals surface area contributed by atoms with E-state index in [4.69, 9.17) is 4.74 Å². The first-order valence-corrected chi connectivity index (χ1v) is 9.21. The average Bonchev–Trinajstić information content (AvgIpc) is 2.91. The molecule has 2 rings (SSSR count). The van der Waals surface area contributed by atoms with Gasteiger partial charge in [-0.1, -0.05) is 0 Å². The van der Waals surface area contributed by atoms with Crippen LogP contribution in [0, 0.1) is 5.92 Å². The number of nitrogens with one attached hydrogen (secondary N) is 1. The lowest BCUT2D eigenvalue weighted by Crippen LogP contribution is -2.38. The van der Waals surface area contributed by atoms with Crippen molar-refractivity contribution < 1.29 is 25.5 Å². The molecule has 2 unspecified atom stereocenters. The first-order chi connectivity index (χ1) is 9.70. The molecule has 2 atom stereocenters. The van der Waals surface area contributed by atoms with Gasteiger partial charge in [-0.3, -0.25) is 0 Å². The maximum absolute atomic E-state index is 12.8. The Labute approximate surface area is 123 Å². The predicted octanol–water partition coefficient (Wildman–Crippen LogP) is 1.05. The Morgan fingerprint density at radius 3 is 2.24 bits per heavy atom. The molecule has 0 bridgehead atoms. The molecular weight excluding hydrogens is 321 g/mol. The third-order valence-electron chi connectivity index (χ3n) is 3.43. The van der Waals surface area contributed by atoms with Gasteiger partial charge in [0, 0.05) is 18.6 Å². The number of ether oxygens (including phenoxy) is 1. The third kappa shape index (κ3) is 4.00. The lowest BCUT2D eigenvalue weighted by Gasteiger charge is -2.19. The summed E-state index contributed by atoms with van der Waals surface area (Å²) in [4.78, 5) is -0.681. The SMILES string of the molecule is CC(NS(=O)(=O)c1ccc(S(=O)(=O)F)cc1)C1CCOC1.